The third-order valence-corrected chi connectivity index (χ3v) is 4.10. The van der Waals surface area contributed by atoms with Gasteiger partial charge in [0, 0.05) is 19.3 Å². The normalized spacial score (nSPS) is 14.6. The summed E-state index contributed by atoms with van der Waals surface area (Å²) in [5.41, 5.74) is -1.41. The van der Waals surface area contributed by atoms with Crippen molar-refractivity contribution in [3.8, 4) is 0 Å². The van der Waals surface area contributed by atoms with Gasteiger partial charge in [-0.3, -0.25) is 11.0 Å². The monoisotopic (exact) mass is 233 g/mol. The van der Waals surface area contributed by atoms with E-state index >= 15 is 0 Å². The largest absolute Gasteiger partial charge is 0.767 e. The van der Waals surface area contributed by atoms with Gasteiger partial charge in [0.05, 0.1) is 0 Å². The molecule has 16 heavy (non-hydrogen) atoms. The minimum absolute atomic E-state index is 0.385. The number of hydroxylamine groups is 1. The summed E-state index contributed by atoms with van der Waals surface area (Å²) in [6, 6.07) is 0. The van der Waals surface area contributed by atoms with E-state index in [0.29, 0.717) is 18.0 Å². The zero-order valence-corrected chi connectivity index (χ0v) is 11.2. The highest BCUT2D eigenvalue weighted by Gasteiger charge is 2.54. The predicted octanol–water partition coefficient (Wildman–Crippen LogP) is 0.929. The maximum Gasteiger partial charge on any atom is 0.191 e. The van der Waals surface area contributed by atoms with Crippen molar-refractivity contribution in [1.82, 2.24) is 5.17 Å². The van der Waals surface area contributed by atoms with Crippen LogP contribution in [0.1, 0.15) is 53.9 Å². The molecule has 6 N–H and O–H groups in total. The van der Waals surface area contributed by atoms with Crippen LogP contribution in [0.3, 0.4) is 0 Å². The van der Waals surface area contributed by atoms with E-state index in [1.807, 2.05) is 34.6 Å². The lowest BCUT2D eigenvalue weighted by Crippen LogP contribution is -2.84. The molecule has 0 amide bonds. The molecule has 6 heteroatoms. The van der Waals surface area contributed by atoms with Crippen molar-refractivity contribution in [3.63, 3.8) is 0 Å². The fraction of sp³-hybridized carbons (Fsp3) is 1.00. The van der Waals surface area contributed by atoms with E-state index in [2.05, 4.69) is 0 Å². The number of hydrogen-bond acceptors (Lipinski definition) is 5. The fourth-order valence-corrected chi connectivity index (χ4v) is 2.07. The van der Waals surface area contributed by atoms with Crippen LogP contribution in [0.4, 0.5) is 0 Å². The molecule has 0 aliphatic rings. The second kappa shape index (κ2) is 4.95. The quantitative estimate of drug-likeness (QED) is 0.274. The zero-order valence-electron chi connectivity index (χ0n) is 11.2. The van der Waals surface area contributed by atoms with E-state index in [1.165, 1.54) is 0 Å². The van der Waals surface area contributed by atoms with Crippen LogP contribution in [0.2, 0.25) is 0 Å². The molecule has 0 radical (unpaired) electrons. The molecule has 0 aromatic carbocycles. The standard InChI is InChI=1S/C10H27N5O/c1-6-9(4,5)15(12,13)10(7-2,8-3)14(11)16/h6-8,11-13H2,1-5H3. The molecule has 6 nitrogen and oxygen atoms in total. The van der Waals surface area contributed by atoms with Crippen LogP contribution in [0.5, 0.6) is 0 Å². The molecule has 98 valence electrons. The first-order valence-electron chi connectivity index (χ1n) is 5.81. The summed E-state index contributed by atoms with van der Waals surface area (Å²) >= 11 is 0. The molecular formula is C10H27N5O. The van der Waals surface area contributed by atoms with Crippen molar-refractivity contribution in [2.75, 3.05) is 0 Å². The van der Waals surface area contributed by atoms with Crippen molar-refractivity contribution in [2.24, 2.45) is 17.5 Å². The molecule has 0 aromatic rings. The molecule has 0 unspecified atom stereocenters. The van der Waals surface area contributed by atoms with Gasteiger partial charge >= 0.3 is 0 Å². The van der Waals surface area contributed by atoms with Gasteiger partial charge in [0.25, 0.3) is 0 Å². The molecule has 0 aromatic heterocycles. The first-order chi connectivity index (χ1) is 7.13. The lowest BCUT2D eigenvalue weighted by Gasteiger charge is -2.57. The topological polar surface area (TPSA) is 104 Å². The summed E-state index contributed by atoms with van der Waals surface area (Å²) in [5, 5.41) is 12.1. The molecule has 0 spiro atoms. The van der Waals surface area contributed by atoms with Gasteiger partial charge in [-0.1, -0.05) is 20.8 Å². The summed E-state index contributed by atoms with van der Waals surface area (Å²) in [5.74, 6) is 17.8. The first-order valence-corrected chi connectivity index (χ1v) is 5.81. The molecule has 0 heterocycles. The minimum atomic E-state index is -0.987. The van der Waals surface area contributed by atoms with E-state index in [-0.39, 0.29) is 4.70 Å². The second-order valence-electron chi connectivity index (χ2n) is 4.96. The predicted molar refractivity (Wildman–Crippen MR) is 65.7 cm³/mol. The Kier molecular flexibility index (Phi) is 4.88. The Balaban J connectivity index is 5.52. The van der Waals surface area contributed by atoms with E-state index in [1.54, 1.807) is 0 Å². The van der Waals surface area contributed by atoms with E-state index in [9.17, 15) is 5.21 Å². The number of quaternary nitrogens is 1. The van der Waals surface area contributed by atoms with Crippen molar-refractivity contribution >= 4 is 0 Å². The summed E-state index contributed by atoms with van der Waals surface area (Å²) in [6.45, 7) is 9.63. The second-order valence-corrected chi connectivity index (χ2v) is 4.96. The van der Waals surface area contributed by atoms with Crippen LogP contribution in [-0.2, 0) is 0 Å². The summed E-state index contributed by atoms with van der Waals surface area (Å²) in [6.07, 6.45) is 1.76. The zero-order chi connectivity index (χ0) is 13.2. The van der Waals surface area contributed by atoms with Gasteiger partial charge in [-0.2, -0.15) is 16.4 Å². The molecule has 0 saturated heterocycles. The maximum absolute atomic E-state index is 11.7. The van der Waals surface area contributed by atoms with Crippen LogP contribution in [0.15, 0.2) is 0 Å². The van der Waals surface area contributed by atoms with Crippen molar-refractivity contribution in [1.29, 1.82) is 0 Å². The summed E-state index contributed by atoms with van der Waals surface area (Å²) in [4.78, 5) is 0. The van der Waals surface area contributed by atoms with Gasteiger partial charge < -0.3 is 5.21 Å². The number of hydrazine groups is 1. The van der Waals surface area contributed by atoms with Gasteiger partial charge in [0.2, 0.25) is 0 Å². The Bertz CT molecular complexity index is 223. The Morgan fingerprint density at radius 2 is 1.44 bits per heavy atom. The van der Waals surface area contributed by atoms with Gasteiger partial charge in [0.1, 0.15) is 5.54 Å². The average molecular weight is 233 g/mol. The Morgan fingerprint density at radius 1 is 1.06 bits per heavy atom. The summed E-state index contributed by atoms with van der Waals surface area (Å²) < 4.78 is -0.385. The van der Waals surface area contributed by atoms with Gasteiger partial charge in [-0.05, 0) is 13.8 Å². The van der Waals surface area contributed by atoms with Crippen molar-refractivity contribution in [2.45, 2.75) is 65.1 Å². The third kappa shape index (κ3) is 2.09. The Morgan fingerprint density at radius 3 is 1.62 bits per heavy atom. The third-order valence-electron chi connectivity index (χ3n) is 4.10. The highest BCUT2D eigenvalue weighted by molar-refractivity contribution is 4.80. The lowest BCUT2D eigenvalue weighted by atomic mass is 9.92. The van der Waals surface area contributed by atoms with E-state index < -0.39 is 11.2 Å². The smallest absolute Gasteiger partial charge is 0.191 e. The van der Waals surface area contributed by atoms with Crippen LogP contribution >= 0.6 is 0 Å². The number of rotatable bonds is 6. The van der Waals surface area contributed by atoms with Crippen LogP contribution in [0.25, 0.3) is 0 Å². The Labute approximate surface area is 98.4 Å². The number of nitrogens with two attached hydrogens (primary N) is 3. The lowest BCUT2D eigenvalue weighted by molar-refractivity contribution is -1.05. The molecule has 0 bridgehead atoms. The fourth-order valence-electron chi connectivity index (χ4n) is 2.07. The van der Waals surface area contributed by atoms with Crippen LogP contribution in [-0.4, -0.2) is 21.1 Å². The number of hydrogen-bond donors (Lipinski definition) is 3. The van der Waals surface area contributed by atoms with Crippen LogP contribution < -0.4 is 17.5 Å². The Hall–Kier alpha value is -0.240. The van der Waals surface area contributed by atoms with Gasteiger partial charge in [-0.15, -0.1) is 0 Å². The number of nitrogens with zero attached hydrogens (tertiary/aromatic N) is 2. The molecular weight excluding hydrogens is 206 g/mol. The highest BCUT2D eigenvalue weighted by atomic mass is 16.5. The van der Waals surface area contributed by atoms with E-state index in [0.717, 1.165) is 6.42 Å². The van der Waals surface area contributed by atoms with E-state index in [4.69, 9.17) is 17.5 Å². The van der Waals surface area contributed by atoms with Crippen molar-refractivity contribution in [3.05, 3.63) is 5.21 Å². The molecule has 0 fully saturated rings. The molecule has 0 rings (SSSR count). The minimum Gasteiger partial charge on any atom is -0.767 e. The van der Waals surface area contributed by atoms with Gasteiger partial charge in [-0.25, -0.2) is 0 Å². The molecule has 0 aliphatic carbocycles. The maximum atomic E-state index is 11.7. The summed E-state index contributed by atoms with van der Waals surface area (Å²) in [7, 11) is 0. The first kappa shape index (κ1) is 15.8. The van der Waals surface area contributed by atoms with Gasteiger partial charge in [0.15, 0.2) is 5.66 Å². The van der Waals surface area contributed by atoms with Crippen molar-refractivity contribution < 1.29 is 4.70 Å². The van der Waals surface area contributed by atoms with Crippen LogP contribution in [0, 0.1) is 5.21 Å². The highest BCUT2D eigenvalue weighted by Crippen LogP contribution is 2.35. The molecule has 0 aliphatic heterocycles. The average Bonchev–Trinajstić information content (AvgIpc) is 2.19. The molecule has 0 saturated carbocycles. The SMILES string of the molecule is CCC(C)(C)[N+](N)(N)C(CC)(CC)N(N)[O-]. The molecule has 0 atom stereocenters.